The summed E-state index contributed by atoms with van der Waals surface area (Å²) in [6.07, 6.45) is 0.175. The SMILES string of the molecule is Cc1ccccc1-n1c(SCC(=O)N[C@H](Cc2ccccc2)C(=O)O)nc2ccccc2c1=O. The second-order valence-electron chi connectivity index (χ2n) is 7.78. The molecule has 4 aromatic rings. The number of para-hydroxylation sites is 2. The van der Waals surface area contributed by atoms with E-state index in [0.717, 1.165) is 22.9 Å². The van der Waals surface area contributed by atoms with Crippen LogP contribution in [-0.2, 0) is 16.0 Å². The summed E-state index contributed by atoms with van der Waals surface area (Å²) in [7, 11) is 0. The predicted molar refractivity (Wildman–Crippen MR) is 133 cm³/mol. The molecule has 1 aromatic heterocycles. The first-order valence-corrected chi connectivity index (χ1v) is 11.7. The molecule has 1 atom stereocenters. The lowest BCUT2D eigenvalue weighted by atomic mass is 10.1. The number of carbonyl (C=O) groups is 2. The number of aliphatic carboxylic acids is 1. The van der Waals surface area contributed by atoms with Crippen LogP contribution in [0.1, 0.15) is 11.1 Å². The Bertz CT molecular complexity index is 1400. The van der Waals surface area contributed by atoms with E-state index in [1.54, 1.807) is 24.3 Å². The van der Waals surface area contributed by atoms with Crippen LogP contribution in [0.4, 0.5) is 0 Å². The van der Waals surface area contributed by atoms with E-state index in [9.17, 15) is 19.5 Å². The van der Waals surface area contributed by atoms with Gasteiger partial charge in [0.15, 0.2) is 5.16 Å². The Balaban J connectivity index is 1.60. The minimum absolute atomic E-state index is 0.0881. The maximum atomic E-state index is 13.3. The monoisotopic (exact) mass is 473 g/mol. The zero-order valence-corrected chi connectivity index (χ0v) is 19.3. The number of carbonyl (C=O) groups excluding carboxylic acids is 1. The van der Waals surface area contributed by atoms with E-state index in [4.69, 9.17) is 0 Å². The normalized spacial score (nSPS) is 11.8. The van der Waals surface area contributed by atoms with E-state index in [-0.39, 0.29) is 17.7 Å². The average molecular weight is 474 g/mol. The summed E-state index contributed by atoms with van der Waals surface area (Å²) in [5.74, 6) is -1.65. The summed E-state index contributed by atoms with van der Waals surface area (Å²) in [4.78, 5) is 42.4. The summed E-state index contributed by atoms with van der Waals surface area (Å²) < 4.78 is 1.51. The number of thioether (sulfide) groups is 1. The van der Waals surface area contributed by atoms with Gasteiger partial charge in [-0.05, 0) is 36.2 Å². The molecule has 1 heterocycles. The molecule has 3 aromatic carbocycles. The van der Waals surface area contributed by atoms with Crippen molar-refractivity contribution in [2.75, 3.05) is 5.75 Å². The predicted octanol–water partition coefficient (Wildman–Crippen LogP) is 3.60. The van der Waals surface area contributed by atoms with Crippen molar-refractivity contribution in [1.82, 2.24) is 14.9 Å². The van der Waals surface area contributed by atoms with Crippen LogP contribution in [-0.4, -0.2) is 38.3 Å². The number of amides is 1. The lowest BCUT2D eigenvalue weighted by molar-refractivity contribution is -0.141. The molecule has 0 unspecified atom stereocenters. The molecule has 172 valence electrons. The zero-order valence-electron chi connectivity index (χ0n) is 18.5. The van der Waals surface area contributed by atoms with Gasteiger partial charge in [-0.15, -0.1) is 0 Å². The molecule has 0 aliphatic carbocycles. The summed E-state index contributed by atoms with van der Waals surface area (Å²) >= 11 is 1.09. The summed E-state index contributed by atoms with van der Waals surface area (Å²) in [6.45, 7) is 1.90. The molecular formula is C26H23N3O4S. The number of hydrogen-bond acceptors (Lipinski definition) is 5. The van der Waals surface area contributed by atoms with Gasteiger partial charge in [0.25, 0.3) is 5.56 Å². The van der Waals surface area contributed by atoms with Gasteiger partial charge in [-0.1, -0.05) is 72.4 Å². The van der Waals surface area contributed by atoms with Gasteiger partial charge >= 0.3 is 5.97 Å². The van der Waals surface area contributed by atoms with E-state index in [2.05, 4.69) is 10.3 Å². The molecule has 0 saturated heterocycles. The second-order valence-corrected chi connectivity index (χ2v) is 8.72. The van der Waals surface area contributed by atoms with Crippen LogP contribution in [0, 0.1) is 6.92 Å². The molecule has 0 fully saturated rings. The molecule has 1 amide bonds. The van der Waals surface area contributed by atoms with Gasteiger partial charge in [0.1, 0.15) is 6.04 Å². The maximum absolute atomic E-state index is 13.3. The van der Waals surface area contributed by atoms with Gasteiger partial charge in [0.2, 0.25) is 5.91 Å². The number of benzene rings is 3. The van der Waals surface area contributed by atoms with E-state index in [1.807, 2.05) is 61.5 Å². The average Bonchev–Trinajstić information content (AvgIpc) is 2.84. The summed E-state index contributed by atoms with van der Waals surface area (Å²) in [5.41, 5.74) is 2.69. The van der Waals surface area contributed by atoms with Gasteiger partial charge in [-0.3, -0.25) is 14.2 Å². The number of hydrogen-bond donors (Lipinski definition) is 2. The van der Waals surface area contributed by atoms with Crippen LogP contribution < -0.4 is 10.9 Å². The van der Waals surface area contributed by atoms with E-state index >= 15 is 0 Å². The van der Waals surface area contributed by atoms with Crippen LogP contribution in [0.25, 0.3) is 16.6 Å². The number of carboxylic acids is 1. The maximum Gasteiger partial charge on any atom is 0.326 e. The fourth-order valence-electron chi connectivity index (χ4n) is 3.65. The smallest absolute Gasteiger partial charge is 0.326 e. The molecule has 0 bridgehead atoms. The van der Waals surface area contributed by atoms with Crippen molar-refractivity contribution in [1.29, 1.82) is 0 Å². The summed E-state index contributed by atoms with van der Waals surface area (Å²) in [5, 5.41) is 13.0. The summed E-state index contributed by atoms with van der Waals surface area (Å²) in [6, 6.07) is 22.6. The number of nitrogens with zero attached hydrogens (tertiary/aromatic N) is 2. The third-order valence-corrected chi connectivity index (χ3v) is 6.29. The number of fused-ring (bicyclic) bond motifs is 1. The Hall–Kier alpha value is -3.91. The third kappa shape index (κ3) is 5.18. The molecule has 0 radical (unpaired) electrons. The first-order chi connectivity index (χ1) is 16.4. The van der Waals surface area contributed by atoms with Crippen LogP contribution in [0.5, 0.6) is 0 Å². The number of aromatic nitrogens is 2. The van der Waals surface area contributed by atoms with Gasteiger partial charge in [0, 0.05) is 6.42 Å². The lowest BCUT2D eigenvalue weighted by Gasteiger charge is -2.16. The molecule has 2 N–H and O–H groups in total. The van der Waals surface area contributed by atoms with Crippen LogP contribution in [0.3, 0.4) is 0 Å². The van der Waals surface area contributed by atoms with Crippen LogP contribution in [0.15, 0.2) is 88.8 Å². The topological polar surface area (TPSA) is 101 Å². The highest BCUT2D eigenvalue weighted by atomic mass is 32.2. The standard InChI is InChI=1S/C26H23N3O4S/c1-17-9-5-8-14-22(17)29-24(31)19-12-6-7-13-20(19)28-26(29)34-16-23(30)27-21(25(32)33)15-18-10-3-2-4-11-18/h2-14,21H,15-16H2,1H3,(H,27,30)(H,32,33)/t21-/m1/s1. The second kappa shape index (κ2) is 10.4. The van der Waals surface area contributed by atoms with E-state index in [0.29, 0.717) is 21.7 Å². The van der Waals surface area contributed by atoms with Crippen molar-refractivity contribution in [2.24, 2.45) is 0 Å². The minimum Gasteiger partial charge on any atom is -0.480 e. The van der Waals surface area contributed by atoms with Gasteiger partial charge in [-0.25, -0.2) is 9.78 Å². The Labute approximate surface area is 200 Å². The Kier molecular flexibility index (Phi) is 7.08. The van der Waals surface area contributed by atoms with Gasteiger partial charge in [0.05, 0.1) is 22.3 Å². The number of rotatable bonds is 8. The van der Waals surface area contributed by atoms with E-state index in [1.165, 1.54) is 4.57 Å². The largest absolute Gasteiger partial charge is 0.480 e. The highest BCUT2D eigenvalue weighted by Crippen LogP contribution is 2.23. The molecular weight excluding hydrogens is 450 g/mol. The van der Waals surface area contributed by atoms with Crippen molar-refractivity contribution in [3.05, 3.63) is 100 Å². The fourth-order valence-corrected chi connectivity index (χ4v) is 4.47. The molecule has 8 heteroatoms. The third-order valence-electron chi connectivity index (χ3n) is 5.35. The number of aryl methyl sites for hydroxylation is 1. The lowest BCUT2D eigenvalue weighted by Crippen LogP contribution is -2.43. The fraction of sp³-hybridized carbons (Fsp3) is 0.154. The molecule has 0 saturated carbocycles. The number of nitrogens with one attached hydrogen (secondary N) is 1. The van der Waals surface area contributed by atoms with Crippen molar-refractivity contribution in [2.45, 2.75) is 24.5 Å². The van der Waals surface area contributed by atoms with Crippen molar-refractivity contribution in [3.8, 4) is 5.69 Å². The minimum atomic E-state index is -1.11. The van der Waals surface area contributed by atoms with E-state index < -0.39 is 17.9 Å². The quantitative estimate of drug-likeness (QED) is 0.300. The zero-order chi connectivity index (χ0) is 24.1. The molecule has 0 aliphatic rings. The first kappa shape index (κ1) is 23.3. The van der Waals surface area contributed by atoms with Crippen molar-refractivity contribution >= 4 is 34.5 Å². The molecule has 7 nitrogen and oxygen atoms in total. The molecule has 34 heavy (non-hydrogen) atoms. The first-order valence-electron chi connectivity index (χ1n) is 10.7. The van der Waals surface area contributed by atoms with Crippen LogP contribution >= 0.6 is 11.8 Å². The Morgan fingerprint density at radius 2 is 1.68 bits per heavy atom. The van der Waals surface area contributed by atoms with Crippen molar-refractivity contribution < 1.29 is 14.7 Å². The molecule has 0 aliphatic heterocycles. The molecule has 0 spiro atoms. The van der Waals surface area contributed by atoms with Crippen LogP contribution in [0.2, 0.25) is 0 Å². The van der Waals surface area contributed by atoms with Crippen molar-refractivity contribution in [3.63, 3.8) is 0 Å². The highest BCUT2D eigenvalue weighted by molar-refractivity contribution is 7.99. The Morgan fingerprint density at radius 3 is 2.41 bits per heavy atom. The Morgan fingerprint density at radius 1 is 1.00 bits per heavy atom. The highest BCUT2D eigenvalue weighted by Gasteiger charge is 2.21. The molecule has 4 rings (SSSR count). The van der Waals surface area contributed by atoms with Gasteiger partial charge in [-0.2, -0.15) is 0 Å². The van der Waals surface area contributed by atoms with Gasteiger partial charge < -0.3 is 10.4 Å². The number of carboxylic acid groups (broad SMARTS) is 1.